The molecule has 3 N–H and O–H groups in total. The van der Waals surface area contributed by atoms with Crippen molar-refractivity contribution in [3.05, 3.63) is 38.3 Å². The highest BCUT2D eigenvalue weighted by molar-refractivity contribution is 14.0. The summed E-state index contributed by atoms with van der Waals surface area (Å²) in [6, 6.07) is 3.63. The van der Waals surface area contributed by atoms with Crippen LogP contribution in [0.5, 0.6) is 0 Å². The lowest BCUT2D eigenvalue weighted by molar-refractivity contribution is 0.184. The van der Waals surface area contributed by atoms with E-state index in [-0.39, 0.29) is 24.0 Å². The van der Waals surface area contributed by atoms with E-state index in [9.17, 15) is 5.11 Å². The van der Waals surface area contributed by atoms with Crippen LogP contribution in [-0.4, -0.2) is 33.9 Å². The third kappa shape index (κ3) is 6.12. The van der Waals surface area contributed by atoms with Gasteiger partial charge in [-0.15, -0.1) is 35.3 Å². The number of thiophene rings is 1. The van der Waals surface area contributed by atoms with Gasteiger partial charge in [-0.25, -0.2) is 4.99 Å². The molecular formula is C16H25ClIN5OS. The van der Waals surface area contributed by atoms with Crippen LogP contribution in [0.15, 0.2) is 17.1 Å². The Morgan fingerprint density at radius 2 is 2.12 bits per heavy atom. The summed E-state index contributed by atoms with van der Waals surface area (Å²) in [7, 11) is 1.93. The molecule has 140 valence electrons. The third-order valence-electron chi connectivity index (χ3n) is 3.78. The molecule has 2 aromatic rings. The van der Waals surface area contributed by atoms with Gasteiger partial charge in [-0.2, -0.15) is 5.10 Å². The molecular weight excluding hydrogens is 473 g/mol. The second kappa shape index (κ2) is 10.3. The van der Waals surface area contributed by atoms with Crippen LogP contribution in [0.25, 0.3) is 0 Å². The van der Waals surface area contributed by atoms with E-state index < -0.39 is 6.10 Å². The topological polar surface area (TPSA) is 74.5 Å². The SMILES string of the molecule is CCNC(=NCc1c(C)nn(C)c1C)NCC(O)c1ccc(Cl)s1.I. The molecule has 0 bridgehead atoms. The summed E-state index contributed by atoms with van der Waals surface area (Å²) in [5.74, 6) is 0.668. The van der Waals surface area contributed by atoms with Gasteiger partial charge in [-0.05, 0) is 32.9 Å². The maximum atomic E-state index is 10.2. The average molecular weight is 498 g/mol. The van der Waals surface area contributed by atoms with Crippen molar-refractivity contribution in [3.8, 4) is 0 Å². The molecule has 0 radical (unpaired) electrons. The Kier molecular flexibility index (Phi) is 9.19. The fraction of sp³-hybridized carbons (Fsp3) is 0.500. The van der Waals surface area contributed by atoms with E-state index >= 15 is 0 Å². The van der Waals surface area contributed by atoms with Gasteiger partial charge in [0, 0.05) is 36.3 Å². The third-order valence-corrected chi connectivity index (χ3v) is 5.12. The number of aliphatic hydroxyl groups excluding tert-OH is 1. The number of aliphatic imine (C=N–C) groups is 1. The Hall–Kier alpha value is -0.840. The molecule has 0 aliphatic rings. The van der Waals surface area contributed by atoms with E-state index in [0.717, 1.165) is 28.4 Å². The molecule has 1 unspecified atom stereocenters. The van der Waals surface area contributed by atoms with Gasteiger partial charge < -0.3 is 15.7 Å². The molecule has 1 atom stereocenters. The van der Waals surface area contributed by atoms with Gasteiger partial charge in [0.15, 0.2) is 5.96 Å². The van der Waals surface area contributed by atoms with E-state index in [4.69, 9.17) is 11.6 Å². The van der Waals surface area contributed by atoms with E-state index in [1.54, 1.807) is 6.07 Å². The monoisotopic (exact) mass is 497 g/mol. The zero-order valence-corrected chi connectivity index (χ0v) is 18.7. The van der Waals surface area contributed by atoms with Crippen molar-refractivity contribution in [2.45, 2.75) is 33.4 Å². The molecule has 0 aliphatic heterocycles. The van der Waals surface area contributed by atoms with E-state index in [0.29, 0.717) is 23.4 Å². The molecule has 0 aromatic carbocycles. The number of nitrogens with one attached hydrogen (secondary N) is 2. The number of aliphatic hydroxyl groups is 1. The normalized spacial score (nSPS) is 12.6. The molecule has 2 aromatic heterocycles. The lowest BCUT2D eigenvalue weighted by Crippen LogP contribution is -2.39. The largest absolute Gasteiger partial charge is 0.386 e. The van der Waals surface area contributed by atoms with Gasteiger partial charge in [0.05, 0.1) is 16.6 Å². The molecule has 0 saturated heterocycles. The molecule has 2 rings (SSSR count). The molecule has 6 nitrogen and oxygen atoms in total. The Balaban J connectivity index is 0.00000312. The first-order valence-corrected chi connectivity index (χ1v) is 9.06. The van der Waals surface area contributed by atoms with Gasteiger partial charge in [0.25, 0.3) is 0 Å². The minimum Gasteiger partial charge on any atom is -0.386 e. The van der Waals surface area contributed by atoms with Crippen LogP contribution in [0.3, 0.4) is 0 Å². The first-order chi connectivity index (χ1) is 11.4. The fourth-order valence-corrected chi connectivity index (χ4v) is 3.39. The first kappa shape index (κ1) is 22.2. The van der Waals surface area contributed by atoms with Crippen molar-refractivity contribution in [1.29, 1.82) is 0 Å². The summed E-state index contributed by atoms with van der Waals surface area (Å²) in [4.78, 5) is 5.43. The summed E-state index contributed by atoms with van der Waals surface area (Å²) in [6.45, 7) is 7.69. The fourth-order valence-electron chi connectivity index (χ4n) is 2.35. The lowest BCUT2D eigenvalue weighted by Gasteiger charge is -2.14. The quantitative estimate of drug-likeness (QED) is 0.326. The molecule has 25 heavy (non-hydrogen) atoms. The summed E-state index contributed by atoms with van der Waals surface area (Å²) in [5.41, 5.74) is 3.23. The lowest BCUT2D eigenvalue weighted by atomic mass is 10.2. The number of nitrogens with zero attached hydrogens (tertiary/aromatic N) is 3. The zero-order chi connectivity index (χ0) is 17.7. The summed E-state index contributed by atoms with van der Waals surface area (Å²) in [6.07, 6.45) is -0.617. The Morgan fingerprint density at radius 1 is 1.40 bits per heavy atom. The molecule has 2 heterocycles. The van der Waals surface area contributed by atoms with Crippen LogP contribution in [-0.2, 0) is 13.6 Å². The number of aryl methyl sites for hydroxylation is 2. The Bertz CT molecular complexity index is 715. The van der Waals surface area contributed by atoms with Crippen LogP contribution in [0, 0.1) is 13.8 Å². The second-order valence-electron chi connectivity index (χ2n) is 5.51. The molecule has 0 saturated carbocycles. The van der Waals surface area contributed by atoms with Crippen molar-refractivity contribution in [2.24, 2.45) is 12.0 Å². The summed E-state index contributed by atoms with van der Waals surface area (Å²) < 4.78 is 2.54. The molecule has 0 spiro atoms. The standard InChI is InChI=1S/C16H24ClN5OS.HI/c1-5-18-16(19-8-12-10(2)21-22(4)11(12)3)20-9-13(23)14-6-7-15(17)24-14;/h6-7,13,23H,5,8-9H2,1-4H3,(H2,18,19,20);1H. The van der Waals surface area contributed by atoms with Crippen molar-refractivity contribution in [2.75, 3.05) is 13.1 Å². The van der Waals surface area contributed by atoms with E-state index in [1.165, 1.54) is 11.3 Å². The number of halogens is 2. The van der Waals surface area contributed by atoms with Crippen LogP contribution in [0.1, 0.15) is 34.9 Å². The highest BCUT2D eigenvalue weighted by atomic mass is 127. The maximum Gasteiger partial charge on any atom is 0.191 e. The predicted octanol–water partition coefficient (Wildman–Crippen LogP) is 3.16. The van der Waals surface area contributed by atoms with Gasteiger partial charge in [-0.3, -0.25) is 4.68 Å². The zero-order valence-electron chi connectivity index (χ0n) is 14.8. The Morgan fingerprint density at radius 3 is 2.64 bits per heavy atom. The van der Waals surface area contributed by atoms with Crippen LogP contribution in [0.2, 0.25) is 4.34 Å². The Labute approximate surface area is 174 Å². The van der Waals surface area contributed by atoms with Gasteiger partial charge in [0.1, 0.15) is 6.10 Å². The molecule has 0 fully saturated rings. The van der Waals surface area contributed by atoms with Crippen LogP contribution >= 0.6 is 46.9 Å². The first-order valence-electron chi connectivity index (χ1n) is 7.87. The molecule has 9 heteroatoms. The summed E-state index contributed by atoms with van der Waals surface area (Å²) >= 11 is 7.29. The second-order valence-corrected chi connectivity index (χ2v) is 7.25. The van der Waals surface area contributed by atoms with E-state index in [2.05, 4.69) is 20.7 Å². The van der Waals surface area contributed by atoms with Gasteiger partial charge in [-0.1, -0.05) is 11.6 Å². The number of rotatable bonds is 6. The number of hydrogen-bond acceptors (Lipinski definition) is 4. The molecule has 0 amide bonds. The average Bonchev–Trinajstić information content (AvgIpc) is 3.07. The summed E-state index contributed by atoms with van der Waals surface area (Å²) in [5, 5.41) is 21.0. The maximum absolute atomic E-state index is 10.2. The van der Waals surface area contributed by atoms with Crippen LogP contribution in [0.4, 0.5) is 0 Å². The smallest absolute Gasteiger partial charge is 0.191 e. The van der Waals surface area contributed by atoms with Gasteiger partial charge >= 0.3 is 0 Å². The van der Waals surface area contributed by atoms with Crippen molar-refractivity contribution >= 4 is 52.9 Å². The van der Waals surface area contributed by atoms with Crippen molar-refractivity contribution in [1.82, 2.24) is 20.4 Å². The van der Waals surface area contributed by atoms with Gasteiger partial charge in [0.2, 0.25) is 0 Å². The van der Waals surface area contributed by atoms with Crippen molar-refractivity contribution in [3.63, 3.8) is 0 Å². The number of guanidine groups is 1. The van der Waals surface area contributed by atoms with Crippen molar-refractivity contribution < 1.29 is 5.11 Å². The van der Waals surface area contributed by atoms with E-state index in [1.807, 2.05) is 38.6 Å². The van der Waals surface area contributed by atoms with Crippen LogP contribution < -0.4 is 10.6 Å². The highest BCUT2D eigenvalue weighted by Gasteiger charge is 2.12. The molecule has 0 aliphatic carbocycles. The minimum atomic E-state index is -0.617. The predicted molar refractivity (Wildman–Crippen MR) is 115 cm³/mol. The number of hydrogen-bond donors (Lipinski definition) is 3. The minimum absolute atomic E-state index is 0. The number of aromatic nitrogens is 2. The highest BCUT2D eigenvalue weighted by Crippen LogP contribution is 2.26.